The van der Waals surface area contributed by atoms with Crippen LogP contribution in [0.3, 0.4) is 0 Å². The van der Waals surface area contributed by atoms with Crippen molar-refractivity contribution >= 4 is 5.97 Å². The number of carbonyl (C=O) groups excluding carboxylic acids is 1. The van der Waals surface area contributed by atoms with Crippen LogP contribution in [0.15, 0.2) is 72.8 Å². The first-order valence-electron chi connectivity index (χ1n) is 13.4. The normalized spacial score (nSPS) is 11.8. The summed E-state index contributed by atoms with van der Waals surface area (Å²) in [6.07, 6.45) is 8.58. The molecule has 0 heterocycles. The Morgan fingerprint density at radius 3 is 1.97 bits per heavy atom. The summed E-state index contributed by atoms with van der Waals surface area (Å²) in [6, 6.07) is 23.2. The first-order valence-corrected chi connectivity index (χ1v) is 13.4. The fraction of sp³-hybridized carbons (Fsp3) is 0.406. The van der Waals surface area contributed by atoms with Gasteiger partial charge in [-0.1, -0.05) is 94.5 Å². The van der Waals surface area contributed by atoms with E-state index in [4.69, 9.17) is 14.2 Å². The number of hydrogen-bond donors (Lipinski definition) is 0. The van der Waals surface area contributed by atoms with Gasteiger partial charge in [-0.25, -0.2) is 4.79 Å². The van der Waals surface area contributed by atoms with Crippen LogP contribution < -0.4 is 9.47 Å². The maximum atomic E-state index is 12.7. The van der Waals surface area contributed by atoms with Crippen molar-refractivity contribution in [1.29, 1.82) is 0 Å². The second kappa shape index (κ2) is 15.1. The average molecular weight is 489 g/mol. The van der Waals surface area contributed by atoms with E-state index in [0.29, 0.717) is 23.7 Å². The zero-order valence-corrected chi connectivity index (χ0v) is 22.0. The molecule has 0 saturated carbocycles. The van der Waals surface area contributed by atoms with Crippen molar-refractivity contribution in [3.8, 4) is 22.6 Å². The van der Waals surface area contributed by atoms with Crippen molar-refractivity contribution in [1.82, 2.24) is 0 Å². The average Bonchev–Trinajstić information content (AvgIpc) is 2.92. The summed E-state index contributed by atoms with van der Waals surface area (Å²) in [6.45, 7) is 7.77. The Bertz CT molecular complexity index is 1040. The van der Waals surface area contributed by atoms with Crippen LogP contribution in [0.2, 0.25) is 0 Å². The maximum Gasteiger partial charge on any atom is 0.343 e. The topological polar surface area (TPSA) is 44.8 Å². The molecule has 0 fully saturated rings. The lowest BCUT2D eigenvalue weighted by Crippen LogP contribution is -2.09. The minimum absolute atomic E-state index is 0.0796. The van der Waals surface area contributed by atoms with E-state index in [1.807, 2.05) is 37.3 Å². The van der Waals surface area contributed by atoms with E-state index in [-0.39, 0.29) is 6.10 Å². The summed E-state index contributed by atoms with van der Waals surface area (Å²) >= 11 is 0. The Balaban J connectivity index is 1.52. The minimum atomic E-state index is -0.402. The van der Waals surface area contributed by atoms with E-state index in [1.54, 1.807) is 18.2 Å². The smallest absolute Gasteiger partial charge is 0.343 e. The Hall–Kier alpha value is -3.11. The fourth-order valence-electron chi connectivity index (χ4n) is 4.01. The number of rotatable bonds is 15. The largest absolute Gasteiger partial charge is 0.490 e. The molecule has 0 aliphatic heterocycles. The second-order valence-corrected chi connectivity index (χ2v) is 9.16. The molecule has 192 valence electrons. The van der Waals surface area contributed by atoms with Gasteiger partial charge < -0.3 is 14.2 Å². The molecule has 0 spiro atoms. The SMILES string of the molecule is CCCCCCCCOC(C)c1ccc(-c2ccc(C(=O)Oc3ccccc3OCCC)cc2)cc1. The highest BCUT2D eigenvalue weighted by Gasteiger charge is 2.13. The molecule has 0 saturated heterocycles. The number of benzene rings is 3. The molecule has 3 aromatic carbocycles. The Labute approximate surface area is 216 Å². The van der Waals surface area contributed by atoms with E-state index >= 15 is 0 Å². The molecule has 0 aliphatic rings. The summed E-state index contributed by atoms with van der Waals surface area (Å²) in [5, 5.41) is 0. The number of carbonyl (C=O) groups is 1. The van der Waals surface area contributed by atoms with Crippen LogP contribution in [-0.4, -0.2) is 19.2 Å². The van der Waals surface area contributed by atoms with Gasteiger partial charge in [-0.2, -0.15) is 0 Å². The molecule has 0 aromatic heterocycles. The van der Waals surface area contributed by atoms with Crippen LogP contribution in [0.5, 0.6) is 11.5 Å². The summed E-state index contributed by atoms with van der Waals surface area (Å²) in [7, 11) is 0. The number of para-hydroxylation sites is 2. The lowest BCUT2D eigenvalue weighted by atomic mass is 10.0. The van der Waals surface area contributed by atoms with Crippen LogP contribution in [0, 0.1) is 0 Å². The van der Waals surface area contributed by atoms with Gasteiger partial charge in [-0.15, -0.1) is 0 Å². The third-order valence-electron chi connectivity index (χ3n) is 6.21. The van der Waals surface area contributed by atoms with Crippen LogP contribution in [-0.2, 0) is 4.74 Å². The minimum Gasteiger partial charge on any atom is -0.490 e. The van der Waals surface area contributed by atoms with Gasteiger partial charge in [0.05, 0.1) is 18.3 Å². The molecule has 3 rings (SSSR count). The van der Waals surface area contributed by atoms with Gasteiger partial charge in [0, 0.05) is 6.61 Å². The first kappa shape index (κ1) is 27.5. The summed E-state index contributed by atoms with van der Waals surface area (Å²) in [5.41, 5.74) is 3.82. The molecule has 0 N–H and O–H groups in total. The van der Waals surface area contributed by atoms with Gasteiger partial charge in [0.15, 0.2) is 11.5 Å². The van der Waals surface area contributed by atoms with E-state index in [2.05, 4.69) is 38.1 Å². The van der Waals surface area contributed by atoms with Gasteiger partial charge in [0.25, 0.3) is 0 Å². The molecule has 1 unspecified atom stereocenters. The first-order chi connectivity index (χ1) is 17.6. The van der Waals surface area contributed by atoms with Crippen LogP contribution >= 0.6 is 0 Å². The third-order valence-corrected chi connectivity index (χ3v) is 6.21. The van der Waals surface area contributed by atoms with Crippen LogP contribution in [0.4, 0.5) is 0 Å². The van der Waals surface area contributed by atoms with Gasteiger partial charge in [-0.05, 0) is 60.7 Å². The van der Waals surface area contributed by atoms with Crippen LogP contribution in [0.1, 0.15) is 87.7 Å². The van der Waals surface area contributed by atoms with E-state index in [0.717, 1.165) is 30.6 Å². The van der Waals surface area contributed by atoms with Gasteiger partial charge in [0.1, 0.15) is 0 Å². The number of unbranched alkanes of at least 4 members (excludes halogenated alkanes) is 5. The summed E-state index contributed by atoms with van der Waals surface area (Å²) in [5.74, 6) is 0.610. The highest BCUT2D eigenvalue weighted by molar-refractivity contribution is 5.92. The van der Waals surface area contributed by atoms with E-state index < -0.39 is 5.97 Å². The summed E-state index contributed by atoms with van der Waals surface area (Å²) < 4.78 is 17.3. The van der Waals surface area contributed by atoms with Gasteiger partial charge in [0.2, 0.25) is 0 Å². The summed E-state index contributed by atoms with van der Waals surface area (Å²) in [4.78, 5) is 12.7. The highest BCUT2D eigenvalue weighted by Crippen LogP contribution is 2.28. The third kappa shape index (κ3) is 8.53. The van der Waals surface area contributed by atoms with Crippen molar-refractivity contribution in [2.75, 3.05) is 13.2 Å². The molecular weight excluding hydrogens is 448 g/mol. The molecular formula is C32H40O4. The van der Waals surface area contributed by atoms with E-state index in [9.17, 15) is 4.79 Å². The van der Waals surface area contributed by atoms with Crippen molar-refractivity contribution in [2.45, 2.75) is 71.8 Å². The van der Waals surface area contributed by atoms with Gasteiger partial charge >= 0.3 is 5.97 Å². The van der Waals surface area contributed by atoms with Crippen LogP contribution in [0.25, 0.3) is 11.1 Å². The Morgan fingerprint density at radius 1 is 0.694 bits per heavy atom. The maximum absolute atomic E-state index is 12.7. The number of ether oxygens (including phenoxy) is 3. The Kier molecular flexibility index (Phi) is 11.5. The zero-order valence-electron chi connectivity index (χ0n) is 22.0. The fourth-order valence-corrected chi connectivity index (χ4v) is 4.01. The number of esters is 1. The molecule has 0 amide bonds. The molecule has 4 heteroatoms. The van der Waals surface area contributed by atoms with Gasteiger partial charge in [-0.3, -0.25) is 0 Å². The van der Waals surface area contributed by atoms with Crippen molar-refractivity contribution < 1.29 is 19.0 Å². The predicted octanol–water partition coefficient (Wildman–Crippen LogP) is 8.80. The molecule has 0 bridgehead atoms. The molecule has 36 heavy (non-hydrogen) atoms. The standard InChI is InChI=1S/C32H40O4/c1-4-6-7-8-9-12-24-34-25(3)26-15-17-27(18-16-26)28-19-21-29(22-20-28)32(33)36-31-14-11-10-13-30(31)35-23-5-2/h10-11,13-22,25H,4-9,12,23-24H2,1-3H3. The Morgan fingerprint density at radius 2 is 1.31 bits per heavy atom. The molecule has 0 radical (unpaired) electrons. The van der Waals surface area contributed by atoms with Crippen molar-refractivity contribution in [3.05, 3.63) is 83.9 Å². The molecule has 4 nitrogen and oxygen atoms in total. The highest BCUT2D eigenvalue weighted by atomic mass is 16.6. The monoisotopic (exact) mass is 488 g/mol. The molecule has 1 atom stereocenters. The second-order valence-electron chi connectivity index (χ2n) is 9.16. The van der Waals surface area contributed by atoms with E-state index in [1.165, 1.54) is 37.7 Å². The zero-order chi connectivity index (χ0) is 25.6. The predicted molar refractivity (Wildman–Crippen MR) is 147 cm³/mol. The molecule has 3 aromatic rings. The lowest BCUT2D eigenvalue weighted by molar-refractivity contribution is 0.0627. The number of hydrogen-bond acceptors (Lipinski definition) is 4. The van der Waals surface area contributed by atoms with Crippen molar-refractivity contribution in [2.24, 2.45) is 0 Å². The van der Waals surface area contributed by atoms with Crippen molar-refractivity contribution in [3.63, 3.8) is 0 Å². The molecule has 0 aliphatic carbocycles. The quantitative estimate of drug-likeness (QED) is 0.122. The lowest BCUT2D eigenvalue weighted by Gasteiger charge is -2.14.